The molecule has 2 aliphatic carbocycles. The summed E-state index contributed by atoms with van der Waals surface area (Å²) in [5, 5.41) is 0.530. The fraction of sp³-hybridized carbons (Fsp3) is 0.258. The molecular formula is C31H26ClNO3. The van der Waals surface area contributed by atoms with Crippen LogP contribution in [0.2, 0.25) is 5.02 Å². The molecule has 0 N–H and O–H groups in total. The number of rotatable bonds is 5. The van der Waals surface area contributed by atoms with Crippen molar-refractivity contribution in [1.29, 1.82) is 0 Å². The maximum atomic E-state index is 14.7. The molecule has 3 aliphatic rings. The Morgan fingerprint density at radius 2 is 1.08 bits per heavy atom. The Hall–Kier alpha value is -3.50. The van der Waals surface area contributed by atoms with Gasteiger partial charge in [0.15, 0.2) is 5.78 Å². The minimum atomic E-state index is -1.07. The number of carbonyl (C=O) groups excluding carboxylic acids is 3. The molecule has 180 valence electrons. The van der Waals surface area contributed by atoms with E-state index >= 15 is 0 Å². The number of hydrogen-bond donors (Lipinski definition) is 0. The Kier molecular flexibility index (Phi) is 5.10. The zero-order valence-electron chi connectivity index (χ0n) is 20.2. The van der Waals surface area contributed by atoms with Crippen molar-refractivity contribution >= 4 is 46.0 Å². The normalized spacial score (nSPS) is 28.9. The van der Waals surface area contributed by atoms with Crippen molar-refractivity contribution in [3.63, 3.8) is 0 Å². The molecule has 1 saturated heterocycles. The molecule has 5 heteroatoms. The third-order valence-corrected chi connectivity index (χ3v) is 8.90. The van der Waals surface area contributed by atoms with Crippen molar-refractivity contribution in [2.24, 2.45) is 22.7 Å². The monoisotopic (exact) mass is 495 g/mol. The number of hydrogen-bond acceptors (Lipinski definition) is 3. The van der Waals surface area contributed by atoms with Crippen LogP contribution in [0.4, 0.5) is 5.69 Å². The van der Waals surface area contributed by atoms with Crippen molar-refractivity contribution in [3.8, 4) is 0 Å². The van der Waals surface area contributed by atoms with E-state index in [1.54, 1.807) is 24.3 Å². The van der Waals surface area contributed by atoms with Gasteiger partial charge in [-0.15, -0.1) is 0 Å². The Labute approximate surface area is 215 Å². The van der Waals surface area contributed by atoms with Crippen LogP contribution in [0.5, 0.6) is 0 Å². The van der Waals surface area contributed by atoms with E-state index in [2.05, 4.69) is 0 Å². The number of fused-ring (bicyclic) bond motifs is 5. The molecular weight excluding hydrogens is 470 g/mol. The summed E-state index contributed by atoms with van der Waals surface area (Å²) >= 11 is 6.09. The summed E-state index contributed by atoms with van der Waals surface area (Å²) in [6, 6.07) is 26.6. The summed E-state index contributed by atoms with van der Waals surface area (Å²) in [6.45, 7) is 3.94. The quantitative estimate of drug-likeness (QED) is 0.382. The number of amides is 2. The number of Topliss-reactive ketones (excluding diaryl/α,β-unsaturated/α-hetero) is 1. The summed E-state index contributed by atoms with van der Waals surface area (Å²) in [5.74, 6) is -2.04. The van der Waals surface area contributed by atoms with Gasteiger partial charge in [-0.3, -0.25) is 14.4 Å². The molecule has 1 heterocycles. The Morgan fingerprint density at radius 3 is 1.47 bits per heavy atom. The van der Waals surface area contributed by atoms with Crippen molar-refractivity contribution in [2.45, 2.75) is 26.7 Å². The van der Waals surface area contributed by atoms with E-state index in [-0.39, 0.29) is 17.6 Å². The molecule has 4 atom stereocenters. The predicted octanol–water partition coefficient (Wildman–Crippen LogP) is 6.45. The molecule has 0 spiro atoms. The van der Waals surface area contributed by atoms with Gasteiger partial charge in [0.05, 0.1) is 28.4 Å². The van der Waals surface area contributed by atoms with Crippen molar-refractivity contribution < 1.29 is 14.4 Å². The van der Waals surface area contributed by atoms with Crippen LogP contribution in [0.15, 0.2) is 84.9 Å². The van der Waals surface area contributed by atoms with Gasteiger partial charge in [0, 0.05) is 5.02 Å². The van der Waals surface area contributed by atoms with Crippen LogP contribution in [0.25, 0.3) is 11.1 Å². The maximum absolute atomic E-state index is 14.7. The zero-order chi connectivity index (χ0) is 25.2. The molecule has 36 heavy (non-hydrogen) atoms. The highest BCUT2D eigenvalue weighted by Crippen LogP contribution is 2.75. The number of anilines is 1. The molecule has 1 saturated carbocycles. The lowest BCUT2D eigenvalue weighted by molar-refractivity contribution is -0.134. The van der Waals surface area contributed by atoms with Crippen LogP contribution in [-0.2, 0) is 14.4 Å². The summed E-state index contributed by atoms with van der Waals surface area (Å²) in [7, 11) is 0. The van der Waals surface area contributed by atoms with E-state index in [1.807, 2.05) is 74.5 Å². The number of benzene rings is 3. The van der Waals surface area contributed by atoms with Crippen molar-refractivity contribution in [1.82, 2.24) is 0 Å². The summed E-state index contributed by atoms with van der Waals surface area (Å²) in [5.41, 5.74) is 2.04. The standard InChI is InChI=1S/C31H26ClNO3/c1-3-30-23(19-11-7-5-8-12-19)24(20-13-9-6-10-14-20)31(4-2,29(30)36)26-25(30)27(34)33(28(26)35)22-17-15-21(32)16-18-22/h5-18,25-26H,3-4H2,1-2H3/t25-,26+,30-,31+. The second-order valence-corrected chi connectivity index (χ2v) is 10.3. The van der Waals surface area contributed by atoms with E-state index in [9.17, 15) is 14.4 Å². The second kappa shape index (κ2) is 8.01. The first-order valence-corrected chi connectivity index (χ1v) is 12.9. The lowest BCUT2D eigenvalue weighted by atomic mass is 9.60. The molecule has 0 radical (unpaired) electrons. The molecule has 4 nitrogen and oxygen atoms in total. The first-order chi connectivity index (χ1) is 17.4. The molecule has 1 aliphatic heterocycles. The lowest BCUT2D eigenvalue weighted by Gasteiger charge is -2.38. The number of imide groups is 1. The van der Waals surface area contributed by atoms with Gasteiger partial charge in [-0.1, -0.05) is 86.1 Å². The van der Waals surface area contributed by atoms with Crippen LogP contribution in [0.3, 0.4) is 0 Å². The number of carbonyl (C=O) groups is 3. The highest BCUT2D eigenvalue weighted by Gasteiger charge is 2.80. The van der Waals surface area contributed by atoms with Gasteiger partial charge in [-0.2, -0.15) is 0 Å². The van der Waals surface area contributed by atoms with Crippen molar-refractivity contribution in [3.05, 3.63) is 101 Å². The van der Waals surface area contributed by atoms with E-state index in [4.69, 9.17) is 11.6 Å². The number of ketones is 1. The molecule has 2 fully saturated rings. The van der Waals surface area contributed by atoms with Crippen LogP contribution in [0.1, 0.15) is 37.8 Å². The smallest absolute Gasteiger partial charge is 0.239 e. The molecule has 3 aromatic rings. The van der Waals surface area contributed by atoms with E-state index < -0.39 is 22.7 Å². The molecule has 6 rings (SSSR count). The summed E-state index contributed by atoms with van der Waals surface area (Å²) in [6.07, 6.45) is 0.894. The molecule has 3 aromatic carbocycles. The Bertz CT molecular complexity index is 1340. The Balaban J connectivity index is 1.67. The average molecular weight is 496 g/mol. The van der Waals surface area contributed by atoms with Crippen LogP contribution in [0, 0.1) is 22.7 Å². The van der Waals surface area contributed by atoms with Gasteiger partial charge in [0.25, 0.3) is 0 Å². The first-order valence-electron chi connectivity index (χ1n) is 12.5. The van der Waals surface area contributed by atoms with Gasteiger partial charge in [0.1, 0.15) is 0 Å². The highest BCUT2D eigenvalue weighted by atomic mass is 35.5. The number of nitrogens with zero attached hydrogens (tertiary/aromatic N) is 1. The molecule has 0 unspecified atom stereocenters. The fourth-order valence-corrected chi connectivity index (χ4v) is 7.43. The minimum absolute atomic E-state index is 0.0187. The number of halogens is 1. The van der Waals surface area contributed by atoms with Gasteiger partial charge < -0.3 is 0 Å². The third kappa shape index (κ3) is 2.63. The molecule has 0 aromatic heterocycles. The molecule has 2 bridgehead atoms. The van der Waals surface area contributed by atoms with E-state index in [0.717, 1.165) is 22.3 Å². The van der Waals surface area contributed by atoms with E-state index in [1.165, 1.54) is 4.90 Å². The third-order valence-electron chi connectivity index (χ3n) is 8.65. The van der Waals surface area contributed by atoms with Crippen LogP contribution in [-0.4, -0.2) is 17.6 Å². The SMILES string of the molecule is CC[C@]12C(=O)[C@](CC)(C(c3ccccc3)=C1c1ccccc1)[C@H]1C(=O)N(c3ccc(Cl)cc3)C(=O)[C@H]12. The zero-order valence-corrected chi connectivity index (χ0v) is 21.0. The Morgan fingerprint density at radius 1 is 0.667 bits per heavy atom. The van der Waals surface area contributed by atoms with Gasteiger partial charge in [-0.05, 0) is 59.4 Å². The van der Waals surface area contributed by atoms with E-state index in [0.29, 0.717) is 23.6 Å². The van der Waals surface area contributed by atoms with Gasteiger partial charge >= 0.3 is 0 Å². The minimum Gasteiger partial charge on any atom is -0.298 e. The summed E-state index contributed by atoms with van der Waals surface area (Å²) < 4.78 is 0. The highest BCUT2D eigenvalue weighted by molar-refractivity contribution is 6.35. The summed E-state index contributed by atoms with van der Waals surface area (Å²) in [4.78, 5) is 44.3. The topological polar surface area (TPSA) is 54.5 Å². The maximum Gasteiger partial charge on any atom is 0.239 e. The van der Waals surface area contributed by atoms with Crippen LogP contribution >= 0.6 is 11.6 Å². The van der Waals surface area contributed by atoms with Gasteiger partial charge in [-0.25, -0.2) is 4.90 Å². The first kappa shape index (κ1) is 22.9. The fourth-order valence-electron chi connectivity index (χ4n) is 7.30. The molecule has 2 amide bonds. The van der Waals surface area contributed by atoms with Gasteiger partial charge in [0.2, 0.25) is 11.8 Å². The predicted molar refractivity (Wildman–Crippen MR) is 141 cm³/mol. The number of allylic oxidation sites excluding steroid dienone is 2. The van der Waals surface area contributed by atoms with Crippen LogP contribution < -0.4 is 4.90 Å². The largest absolute Gasteiger partial charge is 0.298 e. The lowest BCUT2D eigenvalue weighted by Crippen LogP contribution is -2.41. The average Bonchev–Trinajstić information content (AvgIpc) is 3.41. The van der Waals surface area contributed by atoms with Crippen molar-refractivity contribution in [2.75, 3.05) is 4.90 Å². The second-order valence-electron chi connectivity index (χ2n) is 9.90.